The highest BCUT2D eigenvalue weighted by molar-refractivity contribution is 9.10. The van der Waals surface area contributed by atoms with Crippen LogP contribution in [0.2, 0.25) is 0 Å². The first-order valence-electron chi connectivity index (χ1n) is 6.97. The van der Waals surface area contributed by atoms with Crippen molar-refractivity contribution in [3.05, 3.63) is 64.6 Å². The molecule has 3 heteroatoms. The van der Waals surface area contributed by atoms with Crippen LogP contribution in [0.1, 0.15) is 12.0 Å². The van der Waals surface area contributed by atoms with E-state index < -0.39 is 0 Å². The summed E-state index contributed by atoms with van der Waals surface area (Å²) < 4.78 is 1.17. The molecule has 0 heterocycles. The van der Waals surface area contributed by atoms with Gasteiger partial charge in [-0.15, -0.1) is 0 Å². The lowest BCUT2D eigenvalue weighted by molar-refractivity contribution is 0.645. The molecule has 2 aromatic carbocycles. The zero-order valence-electron chi connectivity index (χ0n) is 11.8. The molecule has 2 aromatic rings. The molecule has 0 saturated heterocycles. The Morgan fingerprint density at radius 1 is 1.00 bits per heavy atom. The van der Waals surface area contributed by atoms with Gasteiger partial charge in [0.2, 0.25) is 0 Å². The van der Waals surface area contributed by atoms with Crippen LogP contribution < -0.4 is 10.2 Å². The molecule has 0 aliphatic carbocycles. The summed E-state index contributed by atoms with van der Waals surface area (Å²) in [6.45, 7) is 3.00. The Hall–Kier alpha value is -1.32. The van der Waals surface area contributed by atoms with E-state index in [0.717, 1.165) is 26.1 Å². The molecular weight excluding hydrogens is 312 g/mol. The monoisotopic (exact) mass is 332 g/mol. The quantitative estimate of drug-likeness (QED) is 0.769. The van der Waals surface area contributed by atoms with Gasteiger partial charge in [0.1, 0.15) is 0 Å². The Kier molecular flexibility index (Phi) is 6.09. The molecule has 0 unspecified atom stereocenters. The van der Waals surface area contributed by atoms with Crippen molar-refractivity contribution in [3.8, 4) is 0 Å². The van der Waals surface area contributed by atoms with Gasteiger partial charge in [-0.25, -0.2) is 0 Å². The third-order valence-electron chi connectivity index (χ3n) is 3.32. The van der Waals surface area contributed by atoms with Gasteiger partial charge in [0.15, 0.2) is 0 Å². The molecule has 0 spiro atoms. The van der Waals surface area contributed by atoms with Crippen LogP contribution in [-0.4, -0.2) is 20.1 Å². The number of hydrogen-bond donors (Lipinski definition) is 1. The second-order valence-electron chi connectivity index (χ2n) is 4.88. The van der Waals surface area contributed by atoms with E-state index in [2.05, 4.69) is 81.7 Å². The molecule has 0 aliphatic heterocycles. The number of nitrogens with zero attached hydrogens (tertiary/aromatic N) is 1. The number of anilines is 1. The second-order valence-corrected chi connectivity index (χ2v) is 5.73. The standard InChI is InChI=1S/C17H21BrN2/c1-20(16-9-3-2-4-10-16)13-7-12-19-14-15-8-5-6-11-17(15)18/h2-6,8-11,19H,7,12-14H2,1H3. The van der Waals surface area contributed by atoms with Gasteiger partial charge in [-0.05, 0) is 36.7 Å². The van der Waals surface area contributed by atoms with Crippen molar-refractivity contribution in [2.45, 2.75) is 13.0 Å². The maximum atomic E-state index is 3.57. The van der Waals surface area contributed by atoms with E-state index in [9.17, 15) is 0 Å². The molecule has 0 aromatic heterocycles. The molecule has 0 bridgehead atoms. The van der Waals surface area contributed by atoms with E-state index in [4.69, 9.17) is 0 Å². The van der Waals surface area contributed by atoms with Crippen LogP contribution in [0.5, 0.6) is 0 Å². The number of nitrogens with one attached hydrogen (secondary N) is 1. The van der Waals surface area contributed by atoms with Crippen LogP contribution in [0, 0.1) is 0 Å². The summed E-state index contributed by atoms with van der Waals surface area (Å²) in [6.07, 6.45) is 1.13. The SMILES string of the molecule is CN(CCCNCc1ccccc1Br)c1ccccc1. The molecule has 2 nitrogen and oxygen atoms in total. The summed E-state index contributed by atoms with van der Waals surface area (Å²) in [5, 5.41) is 3.49. The first-order valence-corrected chi connectivity index (χ1v) is 7.77. The van der Waals surface area contributed by atoms with Gasteiger partial charge in [-0.3, -0.25) is 0 Å². The smallest absolute Gasteiger partial charge is 0.0363 e. The van der Waals surface area contributed by atoms with E-state index in [-0.39, 0.29) is 0 Å². The van der Waals surface area contributed by atoms with E-state index >= 15 is 0 Å². The highest BCUT2D eigenvalue weighted by atomic mass is 79.9. The van der Waals surface area contributed by atoms with Gasteiger partial charge in [0.05, 0.1) is 0 Å². The van der Waals surface area contributed by atoms with Crippen LogP contribution in [0.3, 0.4) is 0 Å². The van der Waals surface area contributed by atoms with Gasteiger partial charge in [0, 0.05) is 30.3 Å². The topological polar surface area (TPSA) is 15.3 Å². The van der Waals surface area contributed by atoms with Crippen LogP contribution in [0.15, 0.2) is 59.1 Å². The van der Waals surface area contributed by atoms with Crippen molar-refractivity contribution in [1.82, 2.24) is 5.32 Å². The highest BCUT2D eigenvalue weighted by Gasteiger charge is 2.00. The molecule has 106 valence electrons. The lowest BCUT2D eigenvalue weighted by Gasteiger charge is -2.19. The maximum absolute atomic E-state index is 3.57. The Morgan fingerprint density at radius 3 is 2.45 bits per heavy atom. The summed E-state index contributed by atoms with van der Waals surface area (Å²) in [5.41, 5.74) is 2.59. The summed E-state index contributed by atoms with van der Waals surface area (Å²) in [4.78, 5) is 2.29. The Balaban J connectivity index is 1.66. The zero-order valence-corrected chi connectivity index (χ0v) is 13.4. The van der Waals surface area contributed by atoms with Crippen molar-refractivity contribution < 1.29 is 0 Å². The minimum Gasteiger partial charge on any atom is -0.375 e. The van der Waals surface area contributed by atoms with Crippen LogP contribution in [-0.2, 0) is 6.54 Å². The fourth-order valence-electron chi connectivity index (χ4n) is 2.12. The summed E-state index contributed by atoms with van der Waals surface area (Å²) >= 11 is 3.57. The normalized spacial score (nSPS) is 10.5. The van der Waals surface area contributed by atoms with E-state index in [1.165, 1.54) is 15.7 Å². The van der Waals surface area contributed by atoms with Crippen molar-refractivity contribution in [2.75, 3.05) is 25.0 Å². The lowest BCUT2D eigenvalue weighted by Crippen LogP contribution is -2.23. The predicted octanol–water partition coefficient (Wildman–Crippen LogP) is 4.07. The molecule has 0 aliphatic rings. The lowest BCUT2D eigenvalue weighted by atomic mass is 10.2. The van der Waals surface area contributed by atoms with Crippen molar-refractivity contribution in [1.29, 1.82) is 0 Å². The van der Waals surface area contributed by atoms with Crippen molar-refractivity contribution >= 4 is 21.6 Å². The van der Waals surface area contributed by atoms with E-state index in [1.807, 2.05) is 6.07 Å². The van der Waals surface area contributed by atoms with Crippen molar-refractivity contribution in [2.24, 2.45) is 0 Å². The van der Waals surface area contributed by atoms with Gasteiger partial charge in [-0.2, -0.15) is 0 Å². The first-order chi connectivity index (χ1) is 9.77. The van der Waals surface area contributed by atoms with Gasteiger partial charge < -0.3 is 10.2 Å². The molecule has 20 heavy (non-hydrogen) atoms. The fraction of sp³-hybridized carbons (Fsp3) is 0.294. The number of benzene rings is 2. The fourth-order valence-corrected chi connectivity index (χ4v) is 2.54. The third-order valence-corrected chi connectivity index (χ3v) is 4.09. The molecule has 0 atom stereocenters. The second kappa shape index (κ2) is 8.08. The molecular formula is C17H21BrN2. The van der Waals surface area contributed by atoms with Crippen molar-refractivity contribution in [3.63, 3.8) is 0 Å². The van der Waals surface area contributed by atoms with Gasteiger partial charge >= 0.3 is 0 Å². The number of halogens is 1. The molecule has 0 radical (unpaired) electrons. The highest BCUT2D eigenvalue weighted by Crippen LogP contribution is 2.15. The minimum atomic E-state index is 0.913. The van der Waals surface area contributed by atoms with Gasteiger partial charge in [0.25, 0.3) is 0 Å². The zero-order chi connectivity index (χ0) is 14.2. The Bertz CT molecular complexity index is 513. The average molecular weight is 333 g/mol. The number of para-hydroxylation sites is 1. The molecule has 0 saturated carbocycles. The maximum Gasteiger partial charge on any atom is 0.0363 e. The van der Waals surface area contributed by atoms with Crippen LogP contribution in [0.25, 0.3) is 0 Å². The predicted molar refractivity (Wildman–Crippen MR) is 90.2 cm³/mol. The molecule has 0 amide bonds. The van der Waals surface area contributed by atoms with Crippen LogP contribution >= 0.6 is 15.9 Å². The first kappa shape index (κ1) is 15.1. The Labute approximate surface area is 129 Å². The number of rotatable bonds is 7. The minimum absolute atomic E-state index is 0.913. The third kappa shape index (κ3) is 4.66. The molecule has 0 fully saturated rings. The number of hydrogen-bond acceptors (Lipinski definition) is 2. The largest absolute Gasteiger partial charge is 0.375 e. The summed E-state index contributed by atoms with van der Waals surface area (Å²) in [7, 11) is 2.14. The summed E-state index contributed by atoms with van der Waals surface area (Å²) in [6, 6.07) is 18.9. The van der Waals surface area contributed by atoms with E-state index in [1.54, 1.807) is 0 Å². The van der Waals surface area contributed by atoms with Gasteiger partial charge in [-0.1, -0.05) is 52.3 Å². The Morgan fingerprint density at radius 2 is 1.70 bits per heavy atom. The van der Waals surface area contributed by atoms with E-state index in [0.29, 0.717) is 0 Å². The molecule has 2 rings (SSSR count). The average Bonchev–Trinajstić information content (AvgIpc) is 2.49. The van der Waals surface area contributed by atoms with Crippen LogP contribution in [0.4, 0.5) is 5.69 Å². The molecule has 1 N–H and O–H groups in total. The summed E-state index contributed by atoms with van der Waals surface area (Å²) in [5.74, 6) is 0.